The minimum atomic E-state index is -0.518. The molecule has 0 aliphatic heterocycles. The Bertz CT molecular complexity index is 108. The molecule has 0 heterocycles. The molecular formula is C8H14FN. The summed E-state index contributed by atoms with van der Waals surface area (Å²) in [7, 11) is 0. The Morgan fingerprint density at radius 1 is 1.60 bits per heavy atom. The van der Waals surface area contributed by atoms with Crippen molar-refractivity contribution in [1.82, 2.24) is 5.32 Å². The lowest BCUT2D eigenvalue weighted by Crippen LogP contribution is -2.34. The minimum absolute atomic E-state index is 0.518. The number of hydrogen-bond acceptors (Lipinski definition) is 1. The van der Waals surface area contributed by atoms with E-state index in [0.29, 0.717) is 5.92 Å². The van der Waals surface area contributed by atoms with Crippen molar-refractivity contribution in [2.75, 3.05) is 13.1 Å². The molecule has 10 heavy (non-hydrogen) atoms. The van der Waals surface area contributed by atoms with Crippen molar-refractivity contribution in [1.29, 1.82) is 0 Å². The van der Waals surface area contributed by atoms with E-state index in [1.807, 2.05) is 6.08 Å². The van der Waals surface area contributed by atoms with E-state index in [1.54, 1.807) is 0 Å². The second kappa shape index (κ2) is 3.71. The highest BCUT2D eigenvalue weighted by Gasteiger charge is 2.27. The SMILES string of the molecule is C=CCNCC1CC(F)C1. The number of halogens is 1. The molecule has 0 aromatic carbocycles. The van der Waals surface area contributed by atoms with E-state index in [2.05, 4.69) is 11.9 Å². The molecule has 0 saturated heterocycles. The van der Waals surface area contributed by atoms with Gasteiger partial charge in [-0.3, -0.25) is 0 Å². The fourth-order valence-electron chi connectivity index (χ4n) is 1.21. The maximum absolute atomic E-state index is 12.2. The normalized spacial score (nSPS) is 31.3. The number of alkyl halides is 1. The van der Waals surface area contributed by atoms with E-state index in [4.69, 9.17) is 0 Å². The quantitative estimate of drug-likeness (QED) is 0.464. The molecule has 0 amide bonds. The standard InChI is InChI=1S/C8H14FN/c1-2-3-10-6-7-4-8(9)5-7/h2,7-8,10H,1,3-6H2. The zero-order valence-electron chi connectivity index (χ0n) is 6.15. The van der Waals surface area contributed by atoms with Gasteiger partial charge in [-0.15, -0.1) is 6.58 Å². The third-order valence-corrected chi connectivity index (χ3v) is 1.90. The van der Waals surface area contributed by atoms with Crippen molar-refractivity contribution >= 4 is 0 Å². The Balaban J connectivity index is 1.90. The third kappa shape index (κ3) is 2.10. The first-order valence-corrected chi connectivity index (χ1v) is 3.78. The van der Waals surface area contributed by atoms with Gasteiger partial charge in [0.1, 0.15) is 6.17 Å². The van der Waals surface area contributed by atoms with Crippen LogP contribution in [-0.2, 0) is 0 Å². The zero-order valence-corrected chi connectivity index (χ0v) is 6.15. The van der Waals surface area contributed by atoms with Gasteiger partial charge in [0.25, 0.3) is 0 Å². The Kier molecular flexibility index (Phi) is 2.87. The van der Waals surface area contributed by atoms with Crippen LogP contribution < -0.4 is 5.32 Å². The molecule has 0 aromatic rings. The average molecular weight is 143 g/mol. The van der Waals surface area contributed by atoms with Crippen molar-refractivity contribution in [3.05, 3.63) is 12.7 Å². The summed E-state index contributed by atoms with van der Waals surface area (Å²) < 4.78 is 12.2. The van der Waals surface area contributed by atoms with Crippen molar-refractivity contribution in [2.45, 2.75) is 19.0 Å². The maximum Gasteiger partial charge on any atom is 0.101 e. The van der Waals surface area contributed by atoms with Crippen LogP contribution in [0.2, 0.25) is 0 Å². The van der Waals surface area contributed by atoms with Crippen LogP contribution in [0.3, 0.4) is 0 Å². The van der Waals surface area contributed by atoms with Crippen LogP contribution in [0.25, 0.3) is 0 Å². The smallest absolute Gasteiger partial charge is 0.101 e. The van der Waals surface area contributed by atoms with Crippen LogP contribution >= 0.6 is 0 Å². The molecule has 1 aliphatic rings. The molecule has 0 unspecified atom stereocenters. The van der Waals surface area contributed by atoms with Gasteiger partial charge in [0, 0.05) is 6.54 Å². The predicted octanol–water partition coefficient (Wildman–Crippen LogP) is 1.51. The van der Waals surface area contributed by atoms with Gasteiger partial charge in [0.05, 0.1) is 0 Å². The molecule has 0 bridgehead atoms. The van der Waals surface area contributed by atoms with Crippen molar-refractivity contribution < 1.29 is 4.39 Å². The van der Waals surface area contributed by atoms with E-state index < -0.39 is 6.17 Å². The van der Waals surface area contributed by atoms with Gasteiger partial charge in [-0.05, 0) is 25.3 Å². The molecule has 0 atom stereocenters. The Labute approximate surface area is 61.3 Å². The Morgan fingerprint density at radius 2 is 2.30 bits per heavy atom. The first kappa shape index (κ1) is 7.73. The van der Waals surface area contributed by atoms with Crippen molar-refractivity contribution in [3.8, 4) is 0 Å². The Hall–Kier alpha value is -0.370. The fraction of sp³-hybridized carbons (Fsp3) is 0.750. The first-order chi connectivity index (χ1) is 4.83. The summed E-state index contributed by atoms with van der Waals surface area (Å²) in [4.78, 5) is 0. The molecule has 1 nitrogen and oxygen atoms in total. The van der Waals surface area contributed by atoms with Crippen molar-refractivity contribution in [2.24, 2.45) is 5.92 Å². The van der Waals surface area contributed by atoms with E-state index in [1.165, 1.54) is 0 Å². The molecule has 0 aromatic heterocycles. The third-order valence-electron chi connectivity index (χ3n) is 1.90. The molecule has 1 rings (SSSR count). The number of rotatable bonds is 4. The summed E-state index contributed by atoms with van der Waals surface area (Å²) in [6.45, 7) is 5.37. The lowest BCUT2D eigenvalue weighted by molar-refractivity contribution is 0.130. The lowest BCUT2D eigenvalue weighted by atomic mass is 9.83. The van der Waals surface area contributed by atoms with Crippen molar-refractivity contribution in [3.63, 3.8) is 0 Å². The number of hydrogen-bond donors (Lipinski definition) is 1. The lowest BCUT2D eigenvalue weighted by Gasteiger charge is -2.29. The van der Waals surface area contributed by atoms with Gasteiger partial charge in [-0.2, -0.15) is 0 Å². The second-order valence-corrected chi connectivity index (χ2v) is 2.88. The molecule has 1 N–H and O–H groups in total. The van der Waals surface area contributed by atoms with E-state index in [9.17, 15) is 4.39 Å². The fourth-order valence-corrected chi connectivity index (χ4v) is 1.21. The molecule has 0 radical (unpaired) electrons. The van der Waals surface area contributed by atoms with E-state index in [0.717, 1.165) is 25.9 Å². The van der Waals surface area contributed by atoms with Crippen LogP contribution in [0, 0.1) is 5.92 Å². The highest BCUT2D eigenvalue weighted by Crippen LogP contribution is 2.28. The molecule has 0 spiro atoms. The topological polar surface area (TPSA) is 12.0 Å². The minimum Gasteiger partial charge on any atom is -0.313 e. The molecular weight excluding hydrogens is 129 g/mol. The average Bonchev–Trinajstić information content (AvgIpc) is 1.85. The van der Waals surface area contributed by atoms with E-state index >= 15 is 0 Å². The molecule has 1 saturated carbocycles. The summed E-state index contributed by atoms with van der Waals surface area (Å²) in [5.41, 5.74) is 0. The monoisotopic (exact) mass is 143 g/mol. The van der Waals surface area contributed by atoms with Gasteiger partial charge >= 0.3 is 0 Å². The van der Waals surface area contributed by atoms with Crippen LogP contribution in [-0.4, -0.2) is 19.3 Å². The van der Waals surface area contributed by atoms with E-state index in [-0.39, 0.29) is 0 Å². The van der Waals surface area contributed by atoms with Gasteiger partial charge in [-0.1, -0.05) is 6.08 Å². The van der Waals surface area contributed by atoms with Crippen LogP contribution in [0.15, 0.2) is 12.7 Å². The van der Waals surface area contributed by atoms with Crippen LogP contribution in [0.5, 0.6) is 0 Å². The van der Waals surface area contributed by atoms with Crippen LogP contribution in [0.4, 0.5) is 4.39 Å². The van der Waals surface area contributed by atoms with Gasteiger partial charge in [-0.25, -0.2) is 4.39 Å². The first-order valence-electron chi connectivity index (χ1n) is 3.78. The molecule has 2 heteroatoms. The predicted molar refractivity (Wildman–Crippen MR) is 40.7 cm³/mol. The largest absolute Gasteiger partial charge is 0.313 e. The zero-order chi connectivity index (χ0) is 7.40. The summed E-state index contributed by atoms with van der Waals surface area (Å²) >= 11 is 0. The maximum atomic E-state index is 12.2. The Morgan fingerprint density at radius 3 is 2.80 bits per heavy atom. The number of nitrogens with one attached hydrogen (secondary N) is 1. The highest BCUT2D eigenvalue weighted by molar-refractivity contribution is 4.81. The summed E-state index contributed by atoms with van der Waals surface area (Å²) in [5.74, 6) is 0.579. The summed E-state index contributed by atoms with van der Waals surface area (Å²) in [5, 5.41) is 3.17. The van der Waals surface area contributed by atoms with Gasteiger partial charge in [0.15, 0.2) is 0 Å². The van der Waals surface area contributed by atoms with Gasteiger partial charge < -0.3 is 5.32 Å². The second-order valence-electron chi connectivity index (χ2n) is 2.88. The molecule has 1 aliphatic carbocycles. The van der Waals surface area contributed by atoms with Gasteiger partial charge in [0.2, 0.25) is 0 Å². The summed E-state index contributed by atoms with van der Waals surface area (Å²) in [6.07, 6.45) is 2.82. The highest BCUT2D eigenvalue weighted by atomic mass is 19.1. The summed E-state index contributed by atoms with van der Waals surface area (Å²) in [6, 6.07) is 0. The molecule has 1 fully saturated rings. The van der Waals surface area contributed by atoms with Crippen LogP contribution in [0.1, 0.15) is 12.8 Å². The molecule has 58 valence electrons.